The summed E-state index contributed by atoms with van der Waals surface area (Å²) in [5, 5.41) is 11.1. The summed E-state index contributed by atoms with van der Waals surface area (Å²) in [6, 6.07) is 16.3. The summed E-state index contributed by atoms with van der Waals surface area (Å²) in [6.45, 7) is 7.11. The van der Waals surface area contributed by atoms with Crippen molar-refractivity contribution in [2.24, 2.45) is 4.99 Å². The van der Waals surface area contributed by atoms with E-state index in [1.807, 2.05) is 47.4 Å². The quantitative estimate of drug-likeness (QED) is 0.173. The van der Waals surface area contributed by atoms with E-state index >= 15 is 0 Å². The Hall–Kier alpha value is -2.59. The summed E-state index contributed by atoms with van der Waals surface area (Å²) in [7, 11) is 1.67. The average Bonchev–Trinajstić information content (AvgIpc) is 3.26. The molecule has 172 valence electrons. The highest BCUT2D eigenvalue weighted by atomic mass is 127. The molecule has 3 rings (SSSR count). The Morgan fingerprint density at radius 1 is 1.09 bits per heavy atom. The van der Waals surface area contributed by atoms with Crippen LogP contribution in [0.1, 0.15) is 23.6 Å². The molecule has 0 unspecified atom stereocenters. The van der Waals surface area contributed by atoms with E-state index in [1.54, 1.807) is 7.11 Å². The summed E-state index contributed by atoms with van der Waals surface area (Å²) in [5.74, 6) is 1.61. The average molecular weight is 549 g/mol. The molecule has 7 nitrogen and oxygen atoms in total. The van der Waals surface area contributed by atoms with Crippen LogP contribution in [0.5, 0.6) is 5.75 Å². The number of guanidine groups is 1. The van der Waals surface area contributed by atoms with Gasteiger partial charge in [0.05, 0.1) is 25.0 Å². The molecule has 0 spiro atoms. The molecule has 1 heterocycles. The lowest BCUT2D eigenvalue weighted by Gasteiger charge is -2.15. The standard InChI is InChI=1S/C24H31N5O2.HI/c1-4-25-24(26-15-20-16-28-29(18-20)22-8-6-5-7-9-22)27-17-21-11-10-19(2)14-23(21)31-13-12-30-3;/h5-11,14,16,18H,4,12-13,15,17H2,1-3H3,(H2,25,26,27);1H. The minimum atomic E-state index is 0. The van der Waals surface area contributed by atoms with Crippen LogP contribution < -0.4 is 15.4 Å². The molecular formula is C24H32IN5O2. The van der Waals surface area contributed by atoms with Gasteiger partial charge < -0.3 is 20.1 Å². The summed E-state index contributed by atoms with van der Waals surface area (Å²) in [5.41, 5.74) is 4.31. The van der Waals surface area contributed by atoms with Gasteiger partial charge in [-0.25, -0.2) is 9.67 Å². The number of ether oxygens (including phenoxy) is 2. The summed E-state index contributed by atoms with van der Waals surface area (Å²) in [6.07, 6.45) is 3.85. The smallest absolute Gasteiger partial charge is 0.191 e. The predicted octanol–water partition coefficient (Wildman–Crippen LogP) is 4.08. The fourth-order valence-corrected chi connectivity index (χ4v) is 3.03. The van der Waals surface area contributed by atoms with Crippen LogP contribution in [0.3, 0.4) is 0 Å². The molecule has 0 radical (unpaired) electrons. The second-order valence-corrected chi connectivity index (χ2v) is 7.13. The van der Waals surface area contributed by atoms with Crippen molar-refractivity contribution in [3.63, 3.8) is 0 Å². The third kappa shape index (κ3) is 7.83. The molecule has 0 atom stereocenters. The maximum Gasteiger partial charge on any atom is 0.191 e. The number of nitrogens with zero attached hydrogens (tertiary/aromatic N) is 3. The van der Waals surface area contributed by atoms with Gasteiger partial charge in [0.1, 0.15) is 12.4 Å². The topological polar surface area (TPSA) is 72.7 Å². The normalized spacial score (nSPS) is 11.0. The number of para-hydroxylation sites is 1. The number of methoxy groups -OCH3 is 1. The van der Waals surface area contributed by atoms with Crippen LogP contribution in [0, 0.1) is 6.92 Å². The van der Waals surface area contributed by atoms with Crippen molar-refractivity contribution >= 4 is 29.9 Å². The lowest BCUT2D eigenvalue weighted by atomic mass is 10.1. The second-order valence-electron chi connectivity index (χ2n) is 7.13. The Morgan fingerprint density at radius 3 is 2.66 bits per heavy atom. The number of hydrogen-bond donors (Lipinski definition) is 2. The van der Waals surface area contributed by atoms with Crippen LogP contribution in [0.4, 0.5) is 0 Å². The van der Waals surface area contributed by atoms with Gasteiger partial charge in [0.25, 0.3) is 0 Å². The Labute approximate surface area is 207 Å². The van der Waals surface area contributed by atoms with Crippen molar-refractivity contribution in [1.82, 2.24) is 20.4 Å². The molecule has 0 fully saturated rings. The Morgan fingerprint density at radius 2 is 1.91 bits per heavy atom. The fraction of sp³-hybridized carbons (Fsp3) is 0.333. The molecule has 0 aliphatic rings. The van der Waals surface area contributed by atoms with Crippen molar-refractivity contribution in [2.45, 2.75) is 26.9 Å². The van der Waals surface area contributed by atoms with Crippen LogP contribution >= 0.6 is 24.0 Å². The van der Waals surface area contributed by atoms with Gasteiger partial charge in [0, 0.05) is 37.5 Å². The third-order valence-corrected chi connectivity index (χ3v) is 4.63. The van der Waals surface area contributed by atoms with Gasteiger partial charge >= 0.3 is 0 Å². The van der Waals surface area contributed by atoms with Crippen LogP contribution in [0.2, 0.25) is 0 Å². The van der Waals surface area contributed by atoms with Crippen molar-refractivity contribution in [3.8, 4) is 11.4 Å². The van der Waals surface area contributed by atoms with E-state index in [1.165, 1.54) is 0 Å². The van der Waals surface area contributed by atoms with E-state index in [-0.39, 0.29) is 24.0 Å². The molecule has 3 aromatic rings. The van der Waals surface area contributed by atoms with E-state index in [2.05, 4.69) is 47.8 Å². The lowest BCUT2D eigenvalue weighted by Crippen LogP contribution is -2.36. The summed E-state index contributed by atoms with van der Waals surface area (Å²) in [4.78, 5) is 4.71. The first-order valence-electron chi connectivity index (χ1n) is 10.5. The lowest BCUT2D eigenvalue weighted by molar-refractivity contribution is 0.145. The molecule has 8 heteroatoms. The number of nitrogens with one attached hydrogen (secondary N) is 2. The van der Waals surface area contributed by atoms with E-state index in [0.717, 1.165) is 40.6 Å². The molecule has 32 heavy (non-hydrogen) atoms. The highest BCUT2D eigenvalue weighted by molar-refractivity contribution is 14.0. The minimum Gasteiger partial charge on any atom is -0.491 e. The van der Waals surface area contributed by atoms with E-state index in [4.69, 9.17) is 14.5 Å². The van der Waals surface area contributed by atoms with Gasteiger partial charge in [0.2, 0.25) is 0 Å². The first-order valence-corrected chi connectivity index (χ1v) is 10.5. The number of aromatic nitrogens is 2. The molecule has 2 N–H and O–H groups in total. The van der Waals surface area contributed by atoms with Gasteiger partial charge in [-0.3, -0.25) is 0 Å². The number of benzene rings is 2. The second kappa shape index (κ2) is 13.7. The monoisotopic (exact) mass is 549 g/mol. The maximum atomic E-state index is 5.89. The van der Waals surface area contributed by atoms with Gasteiger partial charge in [-0.1, -0.05) is 30.3 Å². The highest BCUT2D eigenvalue weighted by Gasteiger charge is 2.07. The van der Waals surface area contributed by atoms with Gasteiger partial charge in [-0.05, 0) is 37.6 Å². The van der Waals surface area contributed by atoms with Crippen molar-refractivity contribution in [1.29, 1.82) is 0 Å². The molecule has 0 saturated carbocycles. The summed E-state index contributed by atoms with van der Waals surface area (Å²) < 4.78 is 12.8. The zero-order valence-electron chi connectivity index (χ0n) is 18.9. The van der Waals surface area contributed by atoms with Crippen molar-refractivity contribution in [3.05, 3.63) is 77.6 Å². The van der Waals surface area contributed by atoms with Crippen LogP contribution in [0.25, 0.3) is 5.69 Å². The zero-order chi connectivity index (χ0) is 21.9. The fourth-order valence-electron chi connectivity index (χ4n) is 3.03. The number of hydrogen-bond acceptors (Lipinski definition) is 4. The Balaban J connectivity index is 0.00000363. The molecule has 0 bridgehead atoms. The van der Waals surface area contributed by atoms with E-state index in [0.29, 0.717) is 26.3 Å². The van der Waals surface area contributed by atoms with E-state index in [9.17, 15) is 0 Å². The first-order chi connectivity index (χ1) is 15.2. The maximum absolute atomic E-state index is 5.89. The molecule has 0 aliphatic heterocycles. The minimum absolute atomic E-state index is 0. The summed E-state index contributed by atoms with van der Waals surface area (Å²) >= 11 is 0. The number of aryl methyl sites for hydroxylation is 1. The molecule has 2 aromatic carbocycles. The van der Waals surface area contributed by atoms with Crippen molar-refractivity contribution < 1.29 is 9.47 Å². The molecule has 0 amide bonds. The molecular weight excluding hydrogens is 517 g/mol. The number of aliphatic imine (C=N–C) groups is 1. The number of rotatable bonds is 10. The van der Waals surface area contributed by atoms with Gasteiger partial charge in [-0.15, -0.1) is 24.0 Å². The first kappa shape index (κ1) is 25.7. The zero-order valence-corrected chi connectivity index (χ0v) is 21.2. The van der Waals surface area contributed by atoms with Crippen LogP contribution in [-0.4, -0.2) is 42.6 Å². The third-order valence-electron chi connectivity index (χ3n) is 4.63. The van der Waals surface area contributed by atoms with Crippen molar-refractivity contribution in [2.75, 3.05) is 26.9 Å². The number of halogens is 1. The van der Waals surface area contributed by atoms with Gasteiger partial charge in [0.15, 0.2) is 5.96 Å². The highest BCUT2D eigenvalue weighted by Crippen LogP contribution is 2.20. The largest absolute Gasteiger partial charge is 0.491 e. The SMILES string of the molecule is CCNC(=NCc1cnn(-c2ccccc2)c1)NCc1ccc(C)cc1OCCOC.I. The Kier molecular flexibility index (Phi) is 11.0. The molecule has 1 aromatic heterocycles. The van der Waals surface area contributed by atoms with Crippen LogP contribution in [0.15, 0.2) is 65.9 Å². The van der Waals surface area contributed by atoms with Gasteiger partial charge in [-0.2, -0.15) is 5.10 Å². The molecule has 0 saturated heterocycles. The molecule has 0 aliphatic carbocycles. The predicted molar refractivity (Wildman–Crippen MR) is 139 cm³/mol. The Bertz CT molecular complexity index is 976. The van der Waals surface area contributed by atoms with E-state index < -0.39 is 0 Å². The van der Waals surface area contributed by atoms with Crippen LogP contribution in [-0.2, 0) is 17.8 Å².